The first-order valence-electron chi connectivity index (χ1n) is 4.75. The first-order valence-corrected chi connectivity index (χ1v) is 6.21. The Hall–Kier alpha value is 0.814. The smallest absolute Gasteiger partial charge is 1.00 e. The number of carbonyl (C=O) groups excluding carboxylic acids is 1. The molecule has 86 valence electrons. The van der Waals surface area contributed by atoms with Crippen LogP contribution in [0.4, 0.5) is 0 Å². The van der Waals surface area contributed by atoms with E-state index >= 15 is 0 Å². The van der Waals surface area contributed by atoms with Crippen molar-refractivity contribution in [2.45, 2.75) is 19.4 Å². The van der Waals surface area contributed by atoms with E-state index in [2.05, 4.69) is 5.32 Å². The zero-order chi connectivity index (χ0) is 12.1. The van der Waals surface area contributed by atoms with Gasteiger partial charge in [0.2, 0.25) is 0 Å². The maximum atomic E-state index is 10.9. The predicted molar refractivity (Wildman–Crippen MR) is 54.4 cm³/mol. The number of phenolic OH excluding ortho intramolecular Hbond substituents is 1. The summed E-state index contributed by atoms with van der Waals surface area (Å²) in [6, 6.07) is 5.75. The summed E-state index contributed by atoms with van der Waals surface area (Å²) in [4.78, 5) is 10.9. The van der Waals surface area contributed by atoms with E-state index in [1.165, 1.54) is 31.5 Å². The molecule has 0 amide bonds. The van der Waals surface area contributed by atoms with Gasteiger partial charge in [-0.05, 0) is 0 Å². The molecule has 1 rings (SSSR count). The van der Waals surface area contributed by atoms with Crippen LogP contribution in [0, 0.1) is 0 Å². The SMILES string of the molecule is C[C](=[W])NC(Cc1ccc(O)cc1)C(=O)[O-].[Rb+]. The molecule has 1 aromatic rings. The largest absolute Gasteiger partial charge is 1.00 e. The number of carboxylic acids is 1. The third kappa shape index (κ3) is 7.09. The molecule has 0 spiro atoms. The van der Waals surface area contributed by atoms with Gasteiger partial charge in [-0.25, -0.2) is 0 Å². The van der Waals surface area contributed by atoms with Crippen molar-refractivity contribution in [2.75, 3.05) is 0 Å². The molecule has 1 aromatic carbocycles. The van der Waals surface area contributed by atoms with Gasteiger partial charge in [0.1, 0.15) is 0 Å². The summed E-state index contributed by atoms with van der Waals surface area (Å²) in [6.45, 7) is 1.84. The van der Waals surface area contributed by atoms with Crippen LogP contribution in [0.1, 0.15) is 12.5 Å². The number of hydrogen-bond donors (Lipinski definition) is 2. The van der Waals surface area contributed by atoms with Crippen molar-refractivity contribution >= 4 is 9.99 Å². The van der Waals surface area contributed by atoms with E-state index in [-0.39, 0.29) is 63.9 Å². The van der Waals surface area contributed by atoms with Crippen LogP contribution >= 0.6 is 0 Å². The van der Waals surface area contributed by atoms with Crippen LogP contribution in [-0.4, -0.2) is 21.1 Å². The minimum Gasteiger partial charge on any atom is 1.00 e. The van der Waals surface area contributed by atoms with Gasteiger partial charge in [0, 0.05) is 0 Å². The van der Waals surface area contributed by atoms with Gasteiger partial charge in [-0.15, -0.1) is 0 Å². The summed E-state index contributed by atoms with van der Waals surface area (Å²) in [6.07, 6.45) is 0.341. The topological polar surface area (TPSA) is 72.4 Å². The molecule has 0 saturated carbocycles. The van der Waals surface area contributed by atoms with Crippen molar-refractivity contribution in [1.29, 1.82) is 0 Å². The fourth-order valence-electron chi connectivity index (χ4n) is 1.31. The summed E-state index contributed by atoms with van der Waals surface area (Å²) in [5, 5.41) is 22.9. The average molecular weight is 476 g/mol. The Bertz CT molecular complexity index is 394. The number of aromatic hydroxyl groups is 1. The molecule has 2 N–H and O–H groups in total. The molecule has 17 heavy (non-hydrogen) atoms. The Morgan fingerprint density at radius 3 is 2.41 bits per heavy atom. The molecular formula is C11H12NO3RbW. The number of benzene rings is 1. The second-order valence-electron chi connectivity index (χ2n) is 3.44. The van der Waals surface area contributed by atoms with Crippen molar-refractivity contribution in [1.82, 2.24) is 5.32 Å². The Balaban J connectivity index is 0.00000256. The number of aliphatic carboxylic acids is 1. The van der Waals surface area contributed by atoms with Crippen LogP contribution in [0.2, 0.25) is 0 Å². The number of carbonyl (C=O) groups is 1. The molecule has 0 fully saturated rings. The van der Waals surface area contributed by atoms with Crippen LogP contribution in [0.25, 0.3) is 0 Å². The van der Waals surface area contributed by atoms with E-state index in [0.29, 0.717) is 6.42 Å². The van der Waals surface area contributed by atoms with Gasteiger partial charge >= 0.3 is 163 Å². The van der Waals surface area contributed by atoms with Crippen LogP contribution in [0.5, 0.6) is 5.75 Å². The third-order valence-corrected chi connectivity index (χ3v) is 2.46. The van der Waals surface area contributed by atoms with E-state index < -0.39 is 12.0 Å². The molecule has 0 aliphatic rings. The molecule has 0 radical (unpaired) electrons. The number of nitrogens with one attached hydrogen (secondary N) is 1. The Morgan fingerprint density at radius 2 is 2.00 bits per heavy atom. The second kappa shape index (κ2) is 8.84. The quantitative estimate of drug-likeness (QED) is 0.461. The first kappa shape index (κ1) is 17.8. The van der Waals surface area contributed by atoms with Gasteiger partial charge < -0.3 is 0 Å². The molecule has 1 atom stereocenters. The molecule has 0 saturated heterocycles. The third-order valence-electron chi connectivity index (χ3n) is 2.04. The van der Waals surface area contributed by atoms with E-state index in [1.807, 2.05) is 6.92 Å². The van der Waals surface area contributed by atoms with Crippen LogP contribution in [0.15, 0.2) is 24.3 Å². The van der Waals surface area contributed by atoms with Gasteiger partial charge in [0.05, 0.1) is 0 Å². The number of hydrogen-bond acceptors (Lipinski definition) is 4. The predicted octanol–water partition coefficient (Wildman–Crippen LogP) is -3.66. The Kier molecular flexibility index (Phi) is 9.26. The molecule has 6 heteroatoms. The molecule has 0 aliphatic carbocycles. The van der Waals surface area contributed by atoms with Crippen molar-refractivity contribution in [3.8, 4) is 5.75 Å². The zero-order valence-corrected chi connectivity index (χ0v) is 17.6. The standard InChI is InChI=1S/C11H13NO3.Rb.W/c1-2-12-10(11(14)15)7-8-3-5-9(13)6-4-8;;/h3-6,10,12-13H,7H2,1H3,(H,14,15);;/q;+1;/p-1. The average Bonchev–Trinajstić information content (AvgIpc) is 2.19. The van der Waals surface area contributed by atoms with Crippen molar-refractivity contribution in [3.63, 3.8) is 0 Å². The minimum absolute atomic E-state index is 0. The van der Waals surface area contributed by atoms with E-state index in [4.69, 9.17) is 5.11 Å². The molecule has 0 aliphatic heterocycles. The van der Waals surface area contributed by atoms with E-state index in [1.54, 1.807) is 12.1 Å². The summed E-state index contributed by atoms with van der Waals surface area (Å²) in [7, 11) is 0. The van der Waals surface area contributed by atoms with Crippen LogP contribution in [-0.2, 0) is 30.6 Å². The number of rotatable bonds is 5. The maximum Gasteiger partial charge on any atom is 1.00 e. The van der Waals surface area contributed by atoms with Crippen molar-refractivity contribution in [3.05, 3.63) is 29.8 Å². The molecule has 0 bridgehead atoms. The molecule has 0 aromatic heterocycles. The number of carboxylic acid groups (broad SMARTS) is 1. The summed E-state index contributed by atoms with van der Waals surface area (Å²) in [5.74, 6) is -0.946. The van der Waals surface area contributed by atoms with Crippen molar-refractivity contribution in [2.24, 2.45) is 0 Å². The fourth-order valence-corrected chi connectivity index (χ4v) is 1.82. The Morgan fingerprint density at radius 1 is 1.47 bits per heavy atom. The van der Waals surface area contributed by atoms with Gasteiger partial charge in [-0.1, -0.05) is 0 Å². The number of phenols is 1. The molecule has 1 unspecified atom stereocenters. The van der Waals surface area contributed by atoms with Crippen LogP contribution < -0.4 is 68.6 Å². The normalized spacial score (nSPS) is 11.4. The fraction of sp³-hybridized carbons (Fsp3) is 0.273. The van der Waals surface area contributed by atoms with E-state index in [9.17, 15) is 9.90 Å². The second-order valence-corrected chi connectivity index (χ2v) is 5.64. The van der Waals surface area contributed by atoms with Gasteiger partial charge in [0.25, 0.3) is 0 Å². The Labute approximate surface area is 160 Å². The summed E-state index contributed by atoms with van der Waals surface area (Å²) < 4.78 is 0.910. The minimum atomic E-state index is -1.12. The van der Waals surface area contributed by atoms with E-state index in [0.717, 1.165) is 9.59 Å². The summed E-state index contributed by atoms with van der Waals surface area (Å²) in [5.41, 5.74) is 0.843. The zero-order valence-electron chi connectivity index (χ0n) is 9.77. The monoisotopic (exact) mass is 475 g/mol. The van der Waals surface area contributed by atoms with Crippen LogP contribution in [0.3, 0.4) is 0 Å². The molecule has 0 heterocycles. The maximum absolute atomic E-state index is 10.9. The van der Waals surface area contributed by atoms with Gasteiger partial charge in [-0.3, -0.25) is 0 Å². The van der Waals surface area contributed by atoms with Crippen molar-refractivity contribution < 1.29 is 92.5 Å². The first-order chi connectivity index (χ1) is 7.49. The molecular weight excluding hydrogens is 463 g/mol. The summed E-state index contributed by atoms with van der Waals surface area (Å²) >= 11 is 1.20. The van der Waals surface area contributed by atoms with Gasteiger partial charge in [-0.2, -0.15) is 0 Å². The van der Waals surface area contributed by atoms with Gasteiger partial charge in [0.15, 0.2) is 0 Å². The molecule has 4 nitrogen and oxygen atoms in total.